The van der Waals surface area contributed by atoms with E-state index < -0.39 is 95.4 Å². The average molecular weight is 797 g/mol. The van der Waals surface area contributed by atoms with E-state index in [2.05, 4.69) is 21.3 Å². The summed E-state index contributed by atoms with van der Waals surface area (Å²) in [5.74, 6) is -5.97. The number of primary amides is 3. The largest absolute Gasteiger partial charge is 0.370 e. The first-order valence-electron chi connectivity index (χ1n) is 18.7. The predicted octanol–water partition coefficient (Wildman–Crippen LogP) is -2.48. The van der Waals surface area contributed by atoms with E-state index in [1.165, 1.54) is 21.6 Å². The van der Waals surface area contributed by atoms with E-state index in [9.17, 15) is 43.2 Å². The van der Waals surface area contributed by atoms with Crippen molar-refractivity contribution in [3.8, 4) is 0 Å². The molecule has 20 heteroatoms. The third kappa shape index (κ3) is 14.9. The minimum Gasteiger partial charge on any atom is -0.370 e. The zero-order valence-electron chi connectivity index (χ0n) is 32.6. The van der Waals surface area contributed by atoms with Gasteiger partial charge in [0.2, 0.25) is 53.2 Å². The Morgan fingerprint density at radius 2 is 1.16 bits per heavy atom. The normalized spacial score (nSPS) is 20.7. The van der Waals surface area contributed by atoms with Crippen LogP contribution in [0.25, 0.3) is 0 Å². The first-order chi connectivity index (χ1) is 25.6. The van der Waals surface area contributed by atoms with Gasteiger partial charge in [-0.3, -0.25) is 43.2 Å². The number of thioether (sulfide) groups is 1. The molecule has 55 heavy (non-hydrogen) atoms. The second-order valence-electron chi connectivity index (χ2n) is 15.5. The Kier molecular flexibility index (Phi) is 18.3. The van der Waals surface area contributed by atoms with Crippen molar-refractivity contribution in [2.75, 3.05) is 18.8 Å². The summed E-state index contributed by atoms with van der Waals surface area (Å²) in [6, 6.07) is -6.58. The molecule has 2 rings (SSSR count). The van der Waals surface area contributed by atoms with Crippen molar-refractivity contribution in [3.05, 3.63) is 0 Å². The van der Waals surface area contributed by atoms with Gasteiger partial charge in [-0.1, -0.05) is 41.5 Å². The highest BCUT2D eigenvalue weighted by Gasteiger charge is 2.47. The maximum atomic E-state index is 13.7. The van der Waals surface area contributed by atoms with Crippen LogP contribution in [0.1, 0.15) is 86.5 Å². The van der Waals surface area contributed by atoms with Crippen LogP contribution in [-0.4, -0.2) is 123 Å². The number of nitrogens with one attached hydrogen (secondary N) is 4. The van der Waals surface area contributed by atoms with Crippen molar-refractivity contribution < 1.29 is 43.2 Å². The molecule has 19 nitrogen and oxygen atoms in total. The molecule has 0 spiro atoms. The van der Waals surface area contributed by atoms with E-state index in [0.717, 1.165) is 0 Å². The number of fused-ring (bicyclic) bond motifs is 1. The number of nitrogens with two attached hydrogens (primary N) is 4. The molecule has 0 aromatic heterocycles. The van der Waals surface area contributed by atoms with Crippen LogP contribution in [0.5, 0.6) is 0 Å². The molecule has 310 valence electrons. The van der Waals surface area contributed by atoms with Crippen molar-refractivity contribution in [3.63, 3.8) is 0 Å². The summed E-state index contributed by atoms with van der Waals surface area (Å²) in [5.41, 5.74) is 22.2. The molecule has 0 aromatic carbocycles. The summed E-state index contributed by atoms with van der Waals surface area (Å²) >= 11 is 1.42. The fraction of sp³-hybridized carbons (Fsp3) is 0.743. The molecule has 0 radical (unpaired) electrons. The second kappa shape index (κ2) is 21.6. The summed E-state index contributed by atoms with van der Waals surface area (Å²) in [5, 5.41) is 9.82. The van der Waals surface area contributed by atoms with Crippen LogP contribution in [0.2, 0.25) is 0 Å². The zero-order chi connectivity index (χ0) is 41.7. The molecule has 2 aliphatic rings. The van der Waals surface area contributed by atoms with Gasteiger partial charge in [-0.15, -0.1) is 11.8 Å². The number of nitrogens with zero attached hydrogens (tertiary/aromatic N) is 2. The zero-order valence-corrected chi connectivity index (χ0v) is 33.4. The Balaban J connectivity index is 2.27. The molecular weight excluding hydrogens is 737 g/mol. The summed E-state index contributed by atoms with van der Waals surface area (Å²) in [7, 11) is 0. The highest BCUT2D eigenvalue weighted by atomic mass is 32.2. The monoisotopic (exact) mass is 796 g/mol. The highest BCUT2D eigenvalue weighted by Crippen LogP contribution is 2.33. The van der Waals surface area contributed by atoms with Gasteiger partial charge in [0.25, 0.3) is 0 Å². The van der Waals surface area contributed by atoms with Crippen LogP contribution >= 0.6 is 11.8 Å². The van der Waals surface area contributed by atoms with E-state index in [1.807, 2.05) is 27.7 Å². The van der Waals surface area contributed by atoms with Gasteiger partial charge < -0.3 is 54.0 Å². The number of hydrogen-bond acceptors (Lipinski definition) is 11. The third-order valence-corrected chi connectivity index (χ3v) is 10.4. The highest BCUT2D eigenvalue weighted by molar-refractivity contribution is 8.00. The quantitative estimate of drug-likeness (QED) is 0.0567. The third-order valence-electron chi connectivity index (χ3n) is 9.04. The van der Waals surface area contributed by atoms with E-state index in [0.29, 0.717) is 12.2 Å². The standard InChI is InChI=1S/C35H60N10O9S/c1-17(2)11-23(30(39)49)42-32(51)22(8-10-27(38)47)41-33(52)24(12-18(3)4)43-31(50)21(7-9-26(37)46)40-28(48)14-44-15-29-45(34(53)20(36)16-55-29)25(35(44)54)13-19(5)6/h17-25,29H,7-16,36H2,1-6H3,(H2,37,46)(H2,38,47)(H2,39,49)(H,40,48)(H,41,52)(H,42,51)(H,43,50)/t20-,21-,22-,23-,24-,25-,29?/m0/s1. The molecule has 0 bridgehead atoms. The fourth-order valence-corrected chi connectivity index (χ4v) is 7.64. The molecule has 0 aliphatic carbocycles. The van der Waals surface area contributed by atoms with Gasteiger partial charge in [0, 0.05) is 18.6 Å². The minimum atomic E-state index is -1.37. The van der Waals surface area contributed by atoms with Gasteiger partial charge in [0.15, 0.2) is 0 Å². The molecule has 12 N–H and O–H groups in total. The van der Waals surface area contributed by atoms with E-state index in [-0.39, 0.29) is 68.7 Å². The van der Waals surface area contributed by atoms with Crippen LogP contribution in [0.3, 0.4) is 0 Å². The molecule has 9 amide bonds. The van der Waals surface area contributed by atoms with Crippen LogP contribution < -0.4 is 44.2 Å². The van der Waals surface area contributed by atoms with Crippen molar-refractivity contribution in [2.24, 2.45) is 40.7 Å². The fourth-order valence-electron chi connectivity index (χ4n) is 6.37. The van der Waals surface area contributed by atoms with E-state index >= 15 is 0 Å². The summed E-state index contributed by atoms with van der Waals surface area (Å²) < 4.78 is 0. The summed E-state index contributed by atoms with van der Waals surface area (Å²) in [6.07, 6.45) is -0.396. The summed E-state index contributed by atoms with van der Waals surface area (Å²) in [4.78, 5) is 119. The number of carbonyl (C=O) groups is 9. The SMILES string of the molecule is CC(C)C[C@H](NC(=O)[C@H](CCC(N)=O)NC(=O)[C@H](CC(C)C)NC(=O)[C@H](CCC(N)=O)NC(=O)CN1CC2SC[C@H](N)C(=O)N2[C@@H](CC(C)C)C1=O)C(N)=O. The Bertz CT molecular complexity index is 1440. The predicted molar refractivity (Wildman–Crippen MR) is 204 cm³/mol. The first-order valence-corrected chi connectivity index (χ1v) is 19.7. The Morgan fingerprint density at radius 1 is 0.691 bits per heavy atom. The van der Waals surface area contributed by atoms with Crippen molar-refractivity contribution in [1.82, 2.24) is 31.1 Å². The summed E-state index contributed by atoms with van der Waals surface area (Å²) in [6.45, 7) is 10.7. The molecule has 2 aliphatic heterocycles. The average Bonchev–Trinajstić information content (AvgIpc) is 3.06. The van der Waals surface area contributed by atoms with Crippen molar-refractivity contribution in [2.45, 2.75) is 128 Å². The topological polar surface area (TPSA) is 312 Å². The molecule has 0 saturated carbocycles. The van der Waals surface area contributed by atoms with Crippen LogP contribution in [0.4, 0.5) is 0 Å². The number of carbonyl (C=O) groups excluding carboxylic acids is 9. The molecule has 2 heterocycles. The smallest absolute Gasteiger partial charge is 0.246 e. The molecule has 2 saturated heterocycles. The number of hydrogen-bond donors (Lipinski definition) is 8. The maximum absolute atomic E-state index is 13.7. The van der Waals surface area contributed by atoms with Gasteiger partial charge >= 0.3 is 0 Å². The van der Waals surface area contributed by atoms with E-state index in [1.54, 1.807) is 13.8 Å². The maximum Gasteiger partial charge on any atom is 0.246 e. The van der Waals surface area contributed by atoms with Gasteiger partial charge in [-0.2, -0.15) is 0 Å². The Labute approximate surface area is 326 Å². The molecule has 7 atom stereocenters. The lowest BCUT2D eigenvalue weighted by Gasteiger charge is -2.49. The minimum absolute atomic E-state index is 0.0152. The number of amides is 9. The Morgan fingerprint density at radius 3 is 1.65 bits per heavy atom. The molecule has 1 unspecified atom stereocenters. The first kappa shape index (κ1) is 46.7. The molecule has 0 aromatic rings. The lowest BCUT2D eigenvalue weighted by atomic mass is 9.98. The van der Waals surface area contributed by atoms with Crippen LogP contribution in [0, 0.1) is 17.8 Å². The van der Waals surface area contributed by atoms with Crippen molar-refractivity contribution >= 4 is 64.9 Å². The van der Waals surface area contributed by atoms with Crippen molar-refractivity contribution in [1.29, 1.82) is 0 Å². The lowest BCUT2D eigenvalue weighted by Crippen LogP contribution is -2.68. The number of piperazine rings is 1. The number of rotatable bonds is 22. The van der Waals surface area contributed by atoms with E-state index in [4.69, 9.17) is 22.9 Å². The lowest BCUT2D eigenvalue weighted by molar-refractivity contribution is -0.155. The van der Waals surface area contributed by atoms with Gasteiger partial charge in [-0.05, 0) is 49.9 Å². The van der Waals surface area contributed by atoms with Gasteiger partial charge in [-0.25, -0.2) is 0 Å². The van der Waals surface area contributed by atoms with Gasteiger partial charge in [0.05, 0.1) is 24.5 Å². The van der Waals surface area contributed by atoms with Crippen LogP contribution in [-0.2, 0) is 43.2 Å². The molecule has 2 fully saturated rings. The molecular formula is C35H60N10O9S. The second-order valence-corrected chi connectivity index (χ2v) is 16.7. The Hall–Kier alpha value is -4.46. The van der Waals surface area contributed by atoms with Gasteiger partial charge in [0.1, 0.15) is 30.2 Å². The van der Waals surface area contributed by atoms with Crippen LogP contribution in [0.15, 0.2) is 0 Å².